The SMILES string of the molecule is Cc1cccc(CCNC(=O)Cn2nc(Cc3ccncc3)c3ccccc3c2=O)c1. The first-order valence-electron chi connectivity index (χ1n) is 10.3. The lowest BCUT2D eigenvalue weighted by Gasteiger charge is -2.12. The Balaban J connectivity index is 1.52. The Morgan fingerprint density at radius 3 is 2.52 bits per heavy atom. The summed E-state index contributed by atoms with van der Waals surface area (Å²) in [5.74, 6) is -0.229. The molecule has 0 fully saturated rings. The highest BCUT2D eigenvalue weighted by Gasteiger charge is 2.13. The van der Waals surface area contributed by atoms with E-state index in [-0.39, 0.29) is 18.0 Å². The molecule has 0 aliphatic rings. The van der Waals surface area contributed by atoms with Crippen molar-refractivity contribution >= 4 is 16.7 Å². The molecule has 0 saturated carbocycles. The molecular weight excluding hydrogens is 388 g/mol. The zero-order valence-electron chi connectivity index (χ0n) is 17.4. The van der Waals surface area contributed by atoms with Gasteiger partial charge in [-0.05, 0) is 42.7 Å². The van der Waals surface area contributed by atoms with Crippen LogP contribution in [0.15, 0.2) is 77.9 Å². The molecule has 0 aliphatic carbocycles. The Hall–Kier alpha value is -3.80. The van der Waals surface area contributed by atoms with Crippen LogP contribution in [0, 0.1) is 6.92 Å². The minimum Gasteiger partial charge on any atom is -0.354 e. The molecule has 6 heteroatoms. The molecule has 156 valence electrons. The normalized spacial score (nSPS) is 10.9. The summed E-state index contributed by atoms with van der Waals surface area (Å²) in [7, 11) is 0. The number of aryl methyl sites for hydroxylation is 1. The topological polar surface area (TPSA) is 76.9 Å². The first-order valence-corrected chi connectivity index (χ1v) is 10.3. The van der Waals surface area contributed by atoms with E-state index in [1.807, 2.05) is 55.5 Å². The zero-order valence-corrected chi connectivity index (χ0v) is 17.4. The van der Waals surface area contributed by atoms with E-state index in [1.54, 1.807) is 18.5 Å². The first-order chi connectivity index (χ1) is 15.1. The van der Waals surface area contributed by atoms with Crippen molar-refractivity contribution in [3.63, 3.8) is 0 Å². The van der Waals surface area contributed by atoms with Gasteiger partial charge in [-0.25, -0.2) is 4.68 Å². The van der Waals surface area contributed by atoms with Crippen molar-refractivity contribution in [3.05, 3.63) is 106 Å². The van der Waals surface area contributed by atoms with Crippen molar-refractivity contribution in [3.8, 4) is 0 Å². The summed E-state index contributed by atoms with van der Waals surface area (Å²) < 4.78 is 1.26. The minimum absolute atomic E-state index is 0.110. The predicted molar refractivity (Wildman–Crippen MR) is 121 cm³/mol. The number of carbonyl (C=O) groups excluding carboxylic acids is 1. The second-order valence-corrected chi connectivity index (χ2v) is 7.58. The molecule has 0 bridgehead atoms. The fourth-order valence-electron chi connectivity index (χ4n) is 3.64. The minimum atomic E-state index is -0.261. The van der Waals surface area contributed by atoms with Crippen LogP contribution in [0.5, 0.6) is 0 Å². The molecular formula is C25H24N4O2. The third-order valence-electron chi connectivity index (χ3n) is 5.18. The standard InChI is InChI=1S/C25H24N4O2/c1-18-5-4-6-19(15-18)11-14-27-24(30)17-29-25(31)22-8-3-2-7-21(22)23(28-29)16-20-9-12-26-13-10-20/h2-10,12-13,15H,11,14,16-17H2,1H3,(H,27,30). The van der Waals surface area contributed by atoms with Crippen molar-refractivity contribution in [1.29, 1.82) is 0 Å². The lowest BCUT2D eigenvalue weighted by atomic mass is 10.1. The van der Waals surface area contributed by atoms with Gasteiger partial charge in [-0.3, -0.25) is 14.6 Å². The molecule has 4 rings (SSSR count). The Kier molecular flexibility index (Phi) is 6.17. The number of nitrogens with one attached hydrogen (secondary N) is 1. The van der Waals surface area contributed by atoms with E-state index in [0.29, 0.717) is 18.4 Å². The predicted octanol–water partition coefficient (Wildman–Crippen LogP) is 3.05. The summed E-state index contributed by atoms with van der Waals surface area (Å²) in [5, 5.41) is 8.80. The van der Waals surface area contributed by atoms with Crippen LogP contribution in [0.2, 0.25) is 0 Å². The highest BCUT2D eigenvalue weighted by Crippen LogP contribution is 2.16. The fraction of sp³-hybridized carbons (Fsp3) is 0.200. The molecule has 1 amide bonds. The molecule has 6 nitrogen and oxygen atoms in total. The number of hydrogen-bond donors (Lipinski definition) is 1. The molecule has 2 aromatic heterocycles. The van der Waals surface area contributed by atoms with E-state index in [4.69, 9.17) is 0 Å². The molecule has 2 heterocycles. The van der Waals surface area contributed by atoms with Crippen LogP contribution in [0.25, 0.3) is 10.8 Å². The third-order valence-corrected chi connectivity index (χ3v) is 5.18. The van der Waals surface area contributed by atoms with Gasteiger partial charge in [-0.2, -0.15) is 5.10 Å². The Morgan fingerprint density at radius 1 is 0.968 bits per heavy atom. The van der Waals surface area contributed by atoms with E-state index >= 15 is 0 Å². The van der Waals surface area contributed by atoms with Gasteiger partial charge in [0.05, 0.1) is 11.1 Å². The van der Waals surface area contributed by atoms with E-state index in [1.165, 1.54) is 15.8 Å². The number of fused-ring (bicyclic) bond motifs is 1. The molecule has 31 heavy (non-hydrogen) atoms. The maximum atomic E-state index is 12.9. The lowest BCUT2D eigenvalue weighted by molar-refractivity contribution is -0.121. The van der Waals surface area contributed by atoms with Crippen LogP contribution in [0.4, 0.5) is 0 Å². The summed E-state index contributed by atoms with van der Waals surface area (Å²) in [6.45, 7) is 2.44. The molecule has 0 aliphatic heterocycles. The highest BCUT2D eigenvalue weighted by atomic mass is 16.2. The van der Waals surface area contributed by atoms with Crippen molar-refractivity contribution in [2.75, 3.05) is 6.54 Å². The Bertz CT molecular complexity index is 1270. The second kappa shape index (κ2) is 9.34. The van der Waals surface area contributed by atoms with Crippen molar-refractivity contribution < 1.29 is 4.79 Å². The zero-order chi connectivity index (χ0) is 21.6. The van der Waals surface area contributed by atoms with Crippen molar-refractivity contribution in [2.24, 2.45) is 0 Å². The fourth-order valence-corrected chi connectivity index (χ4v) is 3.64. The molecule has 2 aromatic carbocycles. The number of aromatic nitrogens is 3. The maximum absolute atomic E-state index is 12.9. The van der Waals surface area contributed by atoms with E-state index in [9.17, 15) is 9.59 Å². The van der Waals surface area contributed by atoms with Crippen LogP contribution in [-0.2, 0) is 24.2 Å². The first kappa shape index (κ1) is 20.5. The van der Waals surface area contributed by atoms with Crippen LogP contribution >= 0.6 is 0 Å². The number of pyridine rings is 1. The molecule has 1 N–H and O–H groups in total. The van der Waals surface area contributed by atoms with E-state index in [2.05, 4.69) is 21.5 Å². The number of hydrogen-bond acceptors (Lipinski definition) is 4. The van der Waals surface area contributed by atoms with Crippen LogP contribution in [-0.4, -0.2) is 27.2 Å². The van der Waals surface area contributed by atoms with Gasteiger partial charge in [0.15, 0.2) is 0 Å². The van der Waals surface area contributed by atoms with Crippen LogP contribution in [0.3, 0.4) is 0 Å². The summed E-state index contributed by atoms with van der Waals surface area (Å²) in [6, 6.07) is 19.4. The number of rotatable bonds is 7. The van der Waals surface area contributed by atoms with Gasteiger partial charge in [0.1, 0.15) is 6.54 Å². The second-order valence-electron chi connectivity index (χ2n) is 7.58. The largest absolute Gasteiger partial charge is 0.354 e. The molecule has 0 spiro atoms. The Labute approximate surface area is 180 Å². The van der Waals surface area contributed by atoms with E-state index in [0.717, 1.165) is 23.1 Å². The summed E-state index contributed by atoms with van der Waals surface area (Å²) in [6.07, 6.45) is 4.75. The van der Waals surface area contributed by atoms with Crippen molar-refractivity contribution in [1.82, 2.24) is 20.1 Å². The summed E-state index contributed by atoms with van der Waals surface area (Å²) in [5.41, 5.74) is 3.90. The third kappa shape index (κ3) is 5.04. The monoisotopic (exact) mass is 412 g/mol. The number of benzene rings is 2. The van der Waals surface area contributed by atoms with Gasteiger partial charge in [-0.15, -0.1) is 0 Å². The van der Waals surface area contributed by atoms with Gasteiger partial charge in [0.2, 0.25) is 5.91 Å². The summed E-state index contributed by atoms with van der Waals surface area (Å²) in [4.78, 5) is 29.5. The number of amides is 1. The van der Waals surface area contributed by atoms with Gasteiger partial charge in [0, 0.05) is 30.7 Å². The highest BCUT2D eigenvalue weighted by molar-refractivity contribution is 5.84. The molecule has 0 radical (unpaired) electrons. The van der Waals surface area contributed by atoms with Gasteiger partial charge < -0.3 is 5.32 Å². The average molecular weight is 412 g/mol. The van der Waals surface area contributed by atoms with E-state index < -0.39 is 0 Å². The molecule has 4 aromatic rings. The summed E-state index contributed by atoms with van der Waals surface area (Å²) >= 11 is 0. The lowest BCUT2D eigenvalue weighted by Crippen LogP contribution is -2.35. The van der Waals surface area contributed by atoms with Crippen molar-refractivity contribution in [2.45, 2.75) is 26.3 Å². The molecule has 0 atom stereocenters. The van der Waals surface area contributed by atoms with Gasteiger partial charge >= 0.3 is 0 Å². The molecule has 0 unspecified atom stereocenters. The maximum Gasteiger partial charge on any atom is 0.275 e. The number of nitrogens with zero attached hydrogens (tertiary/aromatic N) is 3. The van der Waals surface area contributed by atoms with Gasteiger partial charge in [-0.1, -0.05) is 48.0 Å². The van der Waals surface area contributed by atoms with Crippen LogP contribution in [0.1, 0.15) is 22.4 Å². The molecule has 0 saturated heterocycles. The quantitative estimate of drug-likeness (QED) is 0.506. The number of carbonyl (C=O) groups is 1. The van der Waals surface area contributed by atoms with Gasteiger partial charge in [0.25, 0.3) is 5.56 Å². The van der Waals surface area contributed by atoms with Crippen LogP contribution < -0.4 is 10.9 Å². The Morgan fingerprint density at radius 2 is 1.74 bits per heavy atom. The average Bonchev–Trinajstić information content (AvgIpc) is 2.78. The smallest absolute Gasteiger partial charge is 0.275 e.